The molecule has 0 aliphatic carbocycles. The van der Waals surface area contributed by atoms with Crippen LogP contribution >= 0.6 is 0 Å². The molecule has 0 saturated carbocycles. The minimum Gasteiger partial charge on any atom is -0.445 e. The molecule has 1 N–H and O–H groups in total. The van der Waals surface area contributed by atoms with Gasteiger partial charge < -0.3 is 15.0 Å². The van der Waals surface area contributed by atoms with Crippen LogP contribution in [0.25, 0.3) is 0 Å². The van der Waals surface area contributed by atoms with Crippen LogP contribution in [0.2, 0.25) is 0 Å². The summed E-state index contributed by atoms with van der Waals surface area (Å²) in [6.07, 6.45) is 3.77. The smallest absolute Gasteiger partial charge is 0.408 e. The largest absolute Gasteiger partial charge is 0.445 e. The maximum atomic E-state index is 12.8. The highest BCUT2D eigenvalue weighted by Crippen LogP contribution is 2.24. The first-order valence-electron chi connectivity index (χ1n) is 8.60. The molecule has 1 aliphatic rings. The molecule has 2 aromatic carbocycles. The number of hydrogen-bond acceptors (Lipinski definition) is 3. The van der Waals surface area contributed by atoms with E-state index in [0.717, 1.165) is 11.1 Å². The summed E-state index contributed by atoms with van der Waals surface area (Å²) in [7, 11) is 1.75. The van der Waals surface area contributed by atoms with E-state index in [2.05, 4.69) is 5.32 Å². The molecule has 3 rings (SSSR count). The van der Waals surface area contributed by atoms with Gasteiger partial charge in [-0.3, -0.25) is 4.79 Å². The molecule has 5 heteroatoms. The van der Waals surface area contributed by atoms with Gasteiger partial charge in [0.05, 0.1) is 6.04 Å². The minimum atomic E-state index is -0.631. The molecular weight excluding hydrogens is 328 g/mol. The van der Waals surface area contributed by atoms with Crippen LogP contribution in [-0.4, -0.2) is 30.0 Å². The number of nitrogens with zero attached hydrogens (tertiary/aromatic N) is 1. The van der Waals surface area contributed by atoms with Crippen molar-refractivity contribution in [3.63, 3.8) is 0 Å². The lowest BCUT2D eigenvalue weighted by molar-refractivity contribution is -0.133. The van der Waals surface area contributed by atoms with Crippen LogP contribution < -0.4 is 5.32 Å². The van der Waals surface area contributed by atoms with Gasteiger partial charge in [0.1, 0.15) is 12.6 Å². The third kappa shape index (κ3) is 4.30. The van der Waals surface area contributed by atoms with Crippen LogP contribution in [0.1, 0.15) is 23.6 Å². The molecule has 2 aromatic rings. The quantitative estimate of drug-likeness (QED) is 0.860. The zero-order chi connectivity index (χ0) is 18.4. The van der Waals surface area contributed by atoms with E-state index >= 15 is 0 Å². The normalized spacial score (nSPS) is 19.7. The van der Waals surface area contributed by atoms with Gasteiger partial charge in [0.2, 0.25) is 5.91 Å². The molecule has 2 amide bonds. The molecule has 0 aromatic heterocycles. The summed E-state index contributed by atoms with van der Waals surface area (Å²) < 4.78 is 5.22. The monoisotopic (exact) mass is 350 g/mol. The van der Waals surface area contributed by atoms with Crippen molar-refractivity contribution in [1.29, 1.82) is 0 Å². The van der Waals surface area contributed by atoms with Gasteiger partial charge in [-0.2, -0.15) is 0 Å². The summed E-state index contributed by atoms with van der Waals surface area (Å²) >= 11 is 0. The van der Waals surface area contributed by atoms with E-state index in [0.29, 0.717) is 6.42 Å². The number of nitrogens with one attached hydrogen (secondary N) is 1. The van der Waals surface area contributed by atoms with E-state index in [9.17, 15) is 9.59 Å². The van der Waals surface area contributed by atoms with Gasteiger partial charge in [-0.25, -0.2) is 4.79 Å². The molecule has 1 heterocycles. The number of alkyl carbamates (subject to hydrolysis) is 1. The van der Waals surface area contributed by atoms with Crippen molar-refractivity contribution < 1.29 is 14.3 Å². The van der Waals surface area contributed by atoms with Crippen molar-refractivity contribution in [2.24, 2.45) is 0 Å². The van der Waals surface area contributed by atoms with Crippen LogP contribution in [0.5, 0.6) is 0 Å². The predicted molar refractivity (Wildman–Crippen MR) is 99.3 cm³/mol. The minimum absolute atomic E-state index is 0.138. The average Bonchev–Trinajstić information content (AvgIpc) is 2.81. The molecule has 0 saturated heterocycles. The molecule has 0 bridgehead atoms. The number of rotatable bonds is 4. The van der Waals surface area contributed by atoms with Gasteiger partial charge in [-0.05, 0) is 17.5 Å². The number of likely N-dealkylation sites (N-methyl/N-ethyl adjacent to an activating group) is 1. The first kappa shape index (κ1) is 17.7. The van der Waals surface area contributed by atoms with Gasteiger partial charge in [0.15, 0.2) is 0 Å². The summed E-state index contributed by atoms with van der Waals surface area (Å²) in [5, 5.41) is 2.68. The van der Waals surface area contributed by atoms with E-state index in [4.69, 9.17) is 4.74 Å². The molecule has 5 nitrogen and oxygen atoms in total. The lowest BCUT2D eigenvalue weighted by Gasteiger charge is -2.27. The lowest BCUT2D eigenvalue weighted by Crippen LogP contribution is -2.47. The Hall–Kier alpha value is -3.08. The van der Waals surface area contributed by atoms with Crippen molar-refractivity contribution in [1.82, 2.24) is 10.2 Å². The number of carbonyl (C=O) groups excluding carboxylic acids is 2. The Labute approximate surface area is 153 Å². The summed E-state index contributed by atoms with van der Waals surface area (Å²) in [5.41, 5.74) is 1.93. The van der Waals surface area contributed by atoms with E-state index in [1.54, 1.807) is 11.9 Å². The van der Waals surface area contributed by atoms with Crippen molar-refractivity contribution in [3.8, 4) is 0 Å². The fourth-order valence-electron chi connectivity index (χ4n) is 2.97. The molecular formula is C21H22N2O3. The fraction of sp³-hybridized carbons (Fsp3) is 0.238. The Morgan fingerprint density at radius 3 is 2.46 bits per heavy atom. The van der Waals surface area contributed by atoms with Crippen LogP contribution in [0, 0.1) is 0 Å². The fourth-order valence-corrected chi connectivity index (χ4v) is 2.97. The zero-order valence-electron chi connectivity index (χ0n) is 14.7. The molecule has 1 aliphatic heterocycles. The number of hydrogen-bond donors (Lipinski definition) is 1. The van der Waals surface area contributed by atoms with Crippen molar-refractivity contribution in [2.75, 3.05) is 7.05 Å². The van der Waals surface area contributed by atoms with Crippen LogP contribution in [0.3, 0.4) is 0 Å². The first-order valence-corrected chi connectivity index (χ1v) is 8.60. The Kier molecular flexibility index (Phi) is 5.69. The molecule has 0 radical (unpaired) electrons. The standard InChI is InChI=1S/C21H22N2O3/c1-23-19(17-11-6-3-7-12-17)14-8-13-18(20(23)24)22-21(25)26-15-16-9-4-2-5-10-16/h2-12,14,18-19H,13,15H2,1H3,(H,22,25)/t18-,19+/m0/s1. The van der Waals surface area contributed by atoms with Crippen molar-refractivity contribution >= 4 is 12.0 Å². The zero-order valence-corrected chi connectivity index (χ0v) is 14.7. The summed E-state index contributed by atoms with van der Waals surface area (Å²) in [5.74, 6) is -0.138. The Balaban J connectivity index is 1.60. The highest BCUT2D eigenvalue weighted by Gasteiger charge is 2.30. The number of amides is 2. The Morgan fingerprint density at radius 2 is 1.77 bits per heavy atom. The van der Waals surface area contributed by atoms with E-state index in [-0.39, 0.29) is 18.6 Å². The van der Waals surface area contributed by atoms with Crippen LogP contribution in [0.4, 0.5) is 4.79 Å². The van der Waals surface area contributed by atoms with Crippen LogP contribution in [0.15, 0.2) is 72.8 Å². The third-order valence-corrected chi connectivity index (χ3v) is 4.40. The molecule has 0 unspecified atom stereocenters. The van der Waals surface area contributed by atoms with E-state index < -0.39 is 12.1 Å². The van der Waals surface area contributed by atoms with Gasteiger partial charge in [-0.15, -0.1) is 0 Å². The average molecular weight is 350 g/mol. The van der Waals surface area contributed by atoms with E-state index in [1.807, 2.05) is 72.8 Å². The van der Waals surface area contributed by atoms with Crippen molar-refractivity contribution in [2.45, 2.75) is 25.1 Å². The number of ether oxygens (including phenoxy) is 1. The Bertz CT molecular complexity index is 774. The summed E-state index contributed by atoms with van der Waals surface area (Å²) in [6.45, 7) is 0.173. The number of carbonyl (C=O) groups is 2. The topological polar surface area (TPSA) is 58.6 Å². The SMILES string of the molecule is CN1C(=O)[C@@H](NC(=O)OCc2ccccc2)CC=C[C@@H]1c1ccccc1. The van der Waals surface area contributed by atoms with Crippen LogP contribution in [-0.2, 0) is 16.1 Å². The summed E-state index contributed by atoms with van der Waals surface area (Å²) in [6, 6.07) is 18.5. The molecule has 2 atom stereocenters. The van der Waals surface area contributed by atoms with Gasteiger partial charge >= 0.3 is 6.09 Å². The maximum Gasteiger partial charge on any atom is 0.408 e. The van der Waals surface area contributed by atoms with Crippen molar-refractivity contribution in [3.05, 3.63) is 83.9 Å². The third-order valence-electron chi connectivity index (χ3n) is 4.40. The second-order valence-corrected chi connectivity index (χ2v) is 6.23. The molecule has 26 heavy (non-hydrogen) atoms. The van der Waals surface area contributed by atoms with Gasteiger partial charge in [-0.1, -0.05) is 72.8 Å². The van der Waals surface area contributed by atoms with Gasteiger partial charge in [0, 0.05) is 7.05 Å². The molecule has 134 valence electrons. The lowest BCUT2D eigenvalue weighted by atomic mass is 10.1. The highest BCUT2D eigenvalue weighted by atomic mass is 16.5. The van der Waals surface area contributed by atoms with E-state index in [1.165, 1.54) is 0 Å². The Morgan fingerprint density at radius 1 is 1.12 bits per heavy atom. The first-order chi connectivity index (χ1) is 12.6. The number of benzene rings is 2. The maximum absolute atomic E-state index is 12.8. The van der Waals surface area contributed by atoms with Gasteiger partial charge in [0.25, 0.3) is 0 Å². The second-order valence-electron chi connectivity index (χ2n) is 6.23. The summed E-state index contributed by atoms with van der Waals surface area (Å²) in [4.78, 5) is 26.5. The highest BCUT2D eigenvalue weighted by molar-refractivity contribution is 5.86. The predicted octanol–water partition coefficient (Wildman–Crippen LogP) is 3.44. The second kappa shape index (κ2) is 8.34. The molecule has 0 spiro atoms. The molecule has 0 fully saturated rings.